The predicted molar refractivity (Wildman–Crippen MR) is 106 cm³/mol. The highest BCUT2D eigenvalue weighted by molar-refractivity contribution is 9.10. The highest BCUT2D eigenvalue weighted by atomic mass is 79.9. The van der Waals surface area contributed by atoms with Crippen LogP contribution in [0.5, 0.6) is 5.75 Å². The number of hydrogen-bond donors (Lipinski definition) is 1. The molecule has 1 fully saturated rings. The monoisotopic (exact) mass is 429 g/mol. The molecule has 1 aliphatic heterocycles. The van der Waals surface area contributed by atoms with Gasteiger partial charge in [-0.15, -0.1) is 0 Å². The lowest BCUT2D eigenvalue weighted by molar-refractivity contribution is 0.0625. The molecule has 0 spiro atoms. The standard InChI is InChI=1S/C19H20BrN5O2/c1-27-15-2-3-16-17(9-15)23-18(22-16)12-24-4-6-25(7-5-24)19(26)13-8-14(20)11-21-10-13/h2-3,8-11H,4-7,12H2,1H3,(H,22,23). The van der Waals surface area contributed by atoms with Crippen LogP contribution >= 0.6 is 15.9 Å². The summed E-state index contributed by atoms with van der Waals surface area (Å²) in [7, 11) is 1.66. The number of ether oxygens (including phenoxy) is 1. The number of methoxy groups -OCH3 is 1. The summed E-state index contributed by atoms with van der Waals surface area (Å²) >= 11 is 3.36. The average Bonchev–Trinajstić information content (AvgIpc) is 3.09. The summed E-state index contributed by atoms with van der Waals surface area (Å²) < 4.78 is 6.07. The number of carbonyl (C=O) groups is 1. The van der Waals surface area contributed by atoms with E-state index in [4.69, 9.17) is 4.74 Å². The second kappa shape index (κ2) is 7.66. The molecule has 1 saturated heterocycles. The number of fused-ring (bicyclic) bond motifs is 1. The minimum atomic E-state index is 0.0271. The Morgan fingerprint density at radius 3 is 2.78 bits per heavy atom. The zero-order chi connectivity index (χ0) is 18.8. The van der Waals surface area contributed by atoms with Gasteiger partial charge in [-0.2, -0.15) is 0 Å². The van der Waals surface area contributed by atoms with Gasteiger partial charge in [0.1, 0.15) is 11.6 Å². The molecule has 0 bridgehead atoms. The first-order chi connectivity index (χ1) is 13.1. The second-order valence-electron chi connectivity index (χ2n) is 6.53. The zero-order valence-electron chi connectivity index (χ0n) is 15.0. The van der Waals surface area contributed by atoms with Crippen molar-refractivity contribution in [2.24, 2.45) is 0 Å². The lowest BCUT2D eigenvalue weighted by Crippen LogP contribution is -2.48. The van der Waals surface area contributed by atoms with Crippen LogP contribution in [-0.2, 0) is 6.54 Å². The van der Waals surface area contributed by atoms with E-state index in [1.807, 2.05) is 29.2 Å². The first-order valence-corrected chi connectivity index (χ1v) is 9.56. The first-order valence-electron chi connectivity index (χ1n) is 8.77. The van der Waals surface area contributed by atoms with Crippen molar-refractivity contribution in [1.82, 2.24) is 24.8 Å². The van der Waals surface area contributed by atoms with Gasteiger partial charge < -0.3 is 14.6 Å². The fraction of sp³-hybridized carbons (Fsp3) is 0.316. The number of imidazole rings is 1. The first kappa shape index (κ1) is 17.9. The van der Waals surface area contributed by atoms with Crippen LogP contribution in [0.1, 0.15) is 16.2 Å². The highest BCUT2D eigenvalue weighted by Gasteiger charge is 2.23. The van der Waals surface area contributed by atoms with Crippen molar-refractivity contribution in [3.8, 4) is 5.75 Å². The van der Waals surface area contributed by atoms with Crippen LogP contribution in [0.4, 0.5) is 0 Å². The van der Waals surface area contributed by atoms with E-state index >= 15 is 0 Å². The molecule has 0 radical (unpaired) electrons. The Hall–Kier alpha value is -2.45. The van der Waals surface area contributed by atoms with Gasteiger partial charge in [0.2, 0.25) is 0 Å². The average molecular weight is 430 g/mol. The van der Waals surface area contributed by atoms with Crippen molar-refractivity contribution in [1.29, 1.82) is 0 Å². The van der Waals surface area contributed by atoms with Gasteiger partial charge >= 0.3 is 0 Å². The molecule has 0 saturated carbocycles. The minimum Gasteiger partial charge on any atom is -0.497 e. The quantitative estimate of drug-likeness (QED) is 0.689. The maximum absolute atomic E-state index is 12.6. The fourth-order valence-corrected chi connectivity index (χ4v) is 3.64. The number of hydrogen-bond acceptors (Lipinski definition) is 5. The van der Waals surface area contributed by atoms with Crippen LogP contribution in [0.2, 0.25) is 0 Å². The summed E-state index contributed by atoms with van der Waals surface area (Å²) in [5, 5.41) is 0. The Morgan fingerprint density at radius 1 is 1.22 bits per heavy atom. The smallest absolute Gasteiger partial charge is 0.255 e. The van der Waals surface area contributed by atoms with E-state index in [-0.39, 0.29) is 5.91 Å². The summed E-state index contributed by atoms with van der Waals surface area (Å²) in [6, 6.07) is 7.63. The SMILES string of the molecule is COc1ccc2nc(CN3CCN(C(=O)c4cncc(Br)c4)CC3)[nH]c2c1. The van der Waals surface area contributed by atoms with E-state index in [1.165, 1.54) is 0 Å². The second-order valence-corrected chi connectivity index (χ2v) is 7.44. The van der Waals surface area contributed by atoms with Crippen molar-refractivity contribution in [2.75, 3.05) is 33.3 Å². The Morgan fingerprint density at radius 2 is 2.04 bits per heavy atom. The molecular formula is C19H20BrN5O2. The van der Waals surface area contributed by atoms with Crippen LogP contribution in [0, 0.1) is 0 Å². The molecule has 3 heterocycles. The molecule has 7 nitrogen and oxygen atoms in total. The number of benzene rings is 1. The summed E-state index contributed by atoms with van der Waals surface area (Å²) in [6.07, 6.45) is 3.29. The molecule has 0 atom stereocenters. The summed E-state index contributed by atoms with van der Waals surface area (Å²) in [4.78, 5) is 28.9. The number of halogens is 1. The van der Waals surface area contributed by atoms with E-state index in [2.05, 4.69) is 35.8 Å². The van der Waals surface area contributed by atoms with Gasteiger partial charge in [-0.3, -0.25) is 14.7 Å². The number of nitrogens with zero attached hydrogens (tertiary/aromatic N) is 4. The van der Waals surface area contributed by atoms with E-state index in [1.54, 1.807) is 19.5 Å². The van der Waals surface area contributed by atoms with E-state index in [0.717, 1.165) is 46.7 Å². The highest BCUT2D eigenvalue weighted by Crippen LogP contribution is 2.20. The molecule has 3 aromatic rings. The van der Waals surface area contributed by atoms with Crippen LogP contribution in [0.15, 0.2) is 41.1 Å². The molecule has 0 unspecified atom stereocenters. The maximum Gasteiger partial charge on any atom is 0.255 e. The van der Waals surface area contributed by atoms with Gasteiger partial charge in [0.15, 0.2) is 0 Å². The zero-order valence-corrected chi connectivity index (χ0v) is 16.6. The van der Waals surface area contributed by atoms with Gasteiger partial charge in [0, 0.05) is 49.1 Å². The molecule has 1 aliphatic rings. The van der Waals surface area contributed by atoms with Gasteiger partial charge in [-0.05, 0) is 34.1 Å². The molecule has 4 rings (SSSR count). The number of H-pyrrole nitrogens is 1. The third-order valence-electron chi connectivity index (χ3n) is 4.72. The lowest BCUT2D eigenvalue weighted by Gasteiger charge is -2.34. The normalized spacial score (nSPS) is 15.3. The molecule has 0 aliphatic carbocycles. The van der Waals surface area contributed by atoms with Gasteiger partial charge in [-0.1, -0.05) is 0 Å². The molecule has 8 heteroatoms. The predicted octanol–water partition coefficient (Wildman–Crippen LogP) is 2.69. The van der Waals surface area contributed by atoms with Gasteiger partial charge in [-0.25, -0.2) is 4.98 Å². The molecular weight excluding hydrogens is 410 g/mol. The van der Waals surface area contributed by atoms with E-state index in [0.29, 0.717) is 18.7 Å². The van der Waals surface area contributed by atoms with Crippen LogP contribution in [0.25, 0.3) is 11.0 Å². The molecule has 1 amide bonds. The largest absolute Gasteiger partial charge is 0.497 e. The maximum atomic E-state index is 12.6. The lowest BCUT2D eigenvalue weighted by atomic mass is 10.2. The summed E-state index contributed by atoms with van der Waals surface area (Å²) in [5.41, 5.74) is 2.52. The summed E-state index contributed by atoms with van der Waals surface area (Å²) in [5.74, 6) is 1.76. The Labute approximate surface area is 165 Å². The van der Waals surface area contributed by atoms with Crippen LogP contribution in [0.3, 0.4) is 0 Å². The molecule has 140 valence electrons. The van der Waals surface area contributed by atoms with E-state index in [9.17, 15) is 4.79 Å². The number of aromatic amines is 1. The number of amides is 1. The Bertz CT molecular complexity index is 966. The topological polar surface area (TPSA) is 74.3 Å². The van der Waals surface area contributed by atoms with Crippen LogP contribution < -0.4 is 4.74 Å². The number of aromatic nitrogens is 3. The number of carbonyl (C=O) groups excluding carboxylic acids is 1. The van der Waals surface area contributed by atoms with Gasteiger partial charge in [0.05, 0.1) is 30.3 Å². The molecule has 1 N–H and O–H groups in total. The van der Waals surface area contributed by atoms with Crippen molar-refractivity contribution >= 4 is 32.9 Å². The summed E-state index contributed by atoms with van der Waals surface area (Å²) in [6.45, 7) is 3.75. The fourth-order valence-electron chi connectivity index (χ4n) is 3.28. The van der Waals surface area contributed by atoms with Crippen molar-refractivity contribution < 1.29 is 9.53 Å². The molecule has 2 aromatic heterocycles. The van der Waals surface area contributed by atoms with E-state index < -0.39 is 0 Å². The Balaban J connectivity index is 1.37. The number of pyridine rings is 1. The molecule has 27 heavy (non-hydrogen) atoms. The van der Waals surface area contributed by atoms with Crippen molar-refractivity contribution in [3.63, 3.8) is 0 Å². The Kier molecular flexibility index (Phi) is 5.09. The minimum absolute atomic E-state index is 0.0271. The molecule has 1 aromatic carbocycles. The number of piperazine rings is 1. The van der Waals surface area contributed by atoms with Crippen LogP contribution in [-0.4, -0.2) is 63.9 Å². The van der Waals surface area contributed by atoms with Crippen molar-refractivity contribution in [2.45, 2.75) is 6.54 Å². The van der Waals surface area contributed by atoms with Crippen molar-refractivity contribution in [3.05, 3.63) is 52.5 Å². The third kappa shape index (κ3) is 3.96. The third-order valence-corrected chi connectivity index (χ3v) is 5.16. The number of rotatable bonds is 4. The number of nitrogens with one attached hydrogen (secondary N) is 1. The van der Waals surface area contributed by atoms with Gasteiger partial charge in [0.25, 0.3) is 5.91 Å².